The van der Waals surface area contributed by atoms with Crippen molar-refractivity contribution in [1.29, 1.82) is 0 Å². The molecule has 1 aromatic rings. The Bertz CT molecular complexity index is 508. The average molecular weight is 315 g/mol. The third-order valence-electron chi connectivity index (χ3n) is 3.62. The zero-order valence-electron chi connectivity index (χ0n) is 12.9. The maximum Gasteiger partial charge on any atom is 0.254 e. The van der Waals surface area contributed by atoms with Crippen molar-refractivity contribution in [2.75, 3.05) is 33.9 Å². The van der Waals surface area contributed by atoms with E-state index in [9.17, 15) is 4.79 Å². The first-order valence-electron chi connectivity index (χ1n) is 6.82. The van der Waals surface area contributed by atoms with Gasteiger partial charge in [0.25, 0.3) is 5.91 Å². The second-order valence-corrected chi connectivity index (χ2v) is 5.13. The Morgan fingerprint density at radius 3 is 2.48 bits per heavy atom. The van der Waals surface area contributed by atoms with Gasteiger partial charge in [0.15, 0.2) is 11.5 Å². The minimum Gasteiger partial charge on any atom is -0.493 e. The highest BCUT2D eigenvalue weighted by molar-refractivity contribution is 5.96. The zero-order valence-corrected chi connectivity index (χ0v) is 13.8. The first-order valence-corrected chi connectivity index (χ1v) is 6.82. The van der Waals surface area contributed by atoms with Crippen LogP contribution in [0.3, 0.4) is 0 Å². The van der Waals surface area contributed by atoms with Crippen LogP contribution in [0.4, 0.5) is 0 Å². The van der Waals surface area contributed by atoms with Crippen LogP contribution in [0.1, 0.15) is 22.8 Å². The van der Waals surface area contributed by atoms with Gasteiger partial charge in [-0.25, -0.2) is 0 Å². The lowest BCUT2D eigenvalue weighted by Crippen LogP contribution is -2.51. The minimum atomic E-state index is 0. The predicted octanol–water partition coefficient (Wildman–Crippen LogP) is 1.87. The predicted molar refractivity (Wildman–Crippen MR) is 84.9 cm³/mol. The molecule has 1 saturated heterocycles. The molecule has 2 rings (SSSR count). The van der Waals surface area contributed by atoms with E-state index in [-0.39, 0.29) is 18.3 Å². The number of hydrogen-bond acceptors (Lipinski definition) is 4. The van der Waals surface area contributed by atoms with Crippen LogP contribution in [0, 0.1) is 6.92 Å². The van der Waals surface area contributed by atoms with Crippen LogP contribution in [0.15, 0.2) is 12.1 Å². The van der Waals surface area contributed by atoms with Crippen molar-refractivity contribution < 1.29 is 14.3 Å². The van der Waals surface area contributed by atoms with Crippen LogP contribution in [-0.2, 0) is 0 Å². The van der Waals surface area contributed by atoms with Crippen molar-refractivity contribution in [2.24, 2.45) is 0 Å². The van der Waals surface area contributed by atoms with Gasteiger partial charge in [0.2, 0.25) is 0 Å². The smallest absolute Gasteiger partial charge is 0.254 e. The minimum absolute atomic E-state index is 0. The molecular weight excluding hydrogens is 292 g/mol. The van der Waals surface area contributed by atoms with Crippen LogP contribution >= 0.6 is 12.4 Å². The molecule has 118 valence electrons. The molecule has 0 saturated carbocycles. The molecule has 0 bridgehead atoms. The molecule has 0 radical (unpaired) electrons. The van der Waals surface area contributed by atoms with Gasteiger partial charge in [0, 0.05) is 31.2 Å². The summed E-state index contributed by atoms with van der Waals surface area (Å²) in [6.45, 7) is 6.30. The summed E-state index contributed by atoms with van der Waals surface area (Å²) in [5.41, 5.74) is 1.58. The Morgan fingerprint density at radius 2 is 1.90 bits per heavy atom. The summed E-state index contributed by atoms with van der Waals surface area (Å²) in [5, 5.41) is 3.34. The molecule has 1 unspecified atom stereocenters. The number of aryl methyl sites for hydroxylation is 1. The molecule has 0 aliphatic carbocycles. The van der Waals surface area contributed by atoms with Gasteiger partial charge >= 0.3 is 0 Å². The molecule has 1 fully saturated rings. The van der Waals surface area contributed by atoms with Gasteiger partial charge in [-0.05, 0) is 31.5 Å². The van der Waals surface area contributed by atoms with Gasteiger partial charge in [-0.2, -0.15) is 0 Å². The second-order valence-electron chi connectivity index (χ2n) is 5.13. The van der Waals surface area contributed by atoms with Crippen molar-refractivity contribution in [3.05, 3.63) is 23.3 Å². The lowest BCUT2D eigenvalue weighted by Gasteiger charge is -2.32. The van der Waals surface area contributed by atoms with Crippen LogP contribution in [-0.4, -0.2) is 50.7 Å². The lowest BCUT2D eigenvalue weighted by molar-refractivity contribution is 0.0708. The fourth-order valence-corrected chi connectivity index (χ4v) is 2.50. The lowest BCUT2D eigenvalue weighted by atomic mass is 10.1. The van der Waals surface area contributed by atoms with Crippen LogP contribution < -0.4 is 14.8 Å². The van der Waals surface area contributed by atoms with E-state index in [1.54, 1.807) is 20.3 Å². The van der Waals surface area contributed by atoms with Gasteiger partial charge < -0.3 is 19.7 Å². The number of rotatable bonds is 3. The molecule has 1 aliphatic rings. The topological polar surface area (TPSA) is 50.8 Å². The number of nitrogens with one attached hydrogen (secondary N) is 1. The normalized spacial score (nSPS) is 17.9. The van der Waals surface area contributed by atoms with Crippen molar-refractivity contribution in [2.45, 2.75) is 19.9 Å². The molecule has 1 amide bonds. The number of hydrogen-bond donors (Lipinski definition) is 1. The molecule has 21 heavy (non-hydrogen) atoms. The van der Waals surface area contributed by atoms with Gasteiger partial charge in [0.1, 0.15) is 0 Å². The molecular formula is C15H23ClN2O3. The van der Waals surface area contributed by atoms with Gasteiger partial charge in [-0.1, -0.05) is 0 Å². The standard InChI is InChI=1S/C15H22N2O3.ClH/c1-10-7-13(19-3)14(20-4)8-12(10)15(18)17-6-5-16-11(2)9-17;/h7-8,11,16H,5-6,9H2,1-4H3;1H. The maximum absolute atomic E-state index is 12.6. The Kier molecular flexibility index (Phi) is 6.30. The number of benzene rings is 1. The molecule has 1 atom stereocenters. The van der Waals surface area contributed by atoms with E-state index in [4.69, 9.17) is 9.47 Å². The Morgan fingerprint density at radius 1 is 1.29 bits per heavy atom. The Hall–Kier alpha value is -1.46. The van der Waals surface area contributed by atoms with Crippen molar-refractivity contribution >= 4 is 18.3 Å². The quantitative estimate of drug-likeness (QED) is 0.925. The summed E-state index contributed by atoms with van der Waals surface area (Å²) in [4.78, 5) is 14.5. The maximum atomic E-state index is 12.6. The number of carbonyl (C=O) groups is 1. The number of halogens is 1. The molecule has 1 aromatic carbocycles. The highest BCUT2D eigenvalue weighted by atomic mass is 35.5. The summed E-state index contributed by atoms with van der Waals surface area (Å²) in [7, 11) is 3.17. The van der Waals surface area contributed by atoms with E-state index in [1.165, 1.54) is 0 Å². The van der Waals surface area contributed by atoms with Crippen LogP contribution in [0.25, 0.3) is 0 Å². The van der Waals surface area contributed by atoms with Crippen molar-refractivity contribution in [3.8, 4) is 11.5 Å². The van der Waals surface area contributed by atoms with Crippen LogP contribution in [0.5, 0.6) is 11.5 Å². The Balaban J connectivity index is 0.00000220. The van der Waals surface area contributed by atoms with Gasteiger partial charge in [-0.15, -0.1) is 12.4 Å². The average Bonchev–Trinajstić information content (AvgIpc) is 2.46. The molecule has 1 heterocycles. The molecule has 1 aliphatic heterocycles. The third kappa shape index (κ3) is 3.80. The summed E-state index contributed by atoms with van der Waals surface area (Å²) < 4.78 is 10.5. The second kappa shape index (κ2) is 7.52. The van der Waals surface area contributed by atoms with Crippen molar-refractivity contribution in [3.63, 3.8) is 0 Å². The summed E-state index contributed by atoms with van der Waals surface area (Å²) in [6, 6.07) is 3.94. The molecule has 1 N–H and O–H groups in total. The van der Waals surface area contributed by atoms with E-state index < -0.39 is 0 Å². The molecule has 0 aromatic heterocycles. The molecule has 5 nitrogen and oxygen atoms in total. The van der Waals surface area contributed by atoms with E-state index >= 15 is 0 Å². The fourth-order valence-electron chi connectivity index (χ4n) is 2.50. The highest BCUT2D eigenvalue weighted by Gasteiger charge is 2.24. The molecule has 6 heteroatoms. The fraction of sp³-hybridized carbons (Fsp3) is 0.533. The third-order valence-corrected chi connectivity index (χ3v) is 3.62. The van der Waals surface area contributed by atoms with E-state index in [0.29, 0.717) is 23.1 Å². The van der Waals surface area contributed by atoms with Gasteiger partial charge in [0.05, 0.1) is 14.2 Å². The first-order chi connectivity index (χ1) is 9.56. The first kappa shape index (κ1) is 17.6. The van der Waals surface area contributed by atoms with E-state index in [0.717, 1.165) is 25.2 Å². The van der Waals surface area contributed by atoms with Crippen LogP contribution in [0.2, 0.25) is 0 Å². The number of carbonyl (C=O) groups excluding carboxylic acids is 1. The van der Waals surface area contributed by atoms with Crippen molar-refractivity contribution in [1.82, 2.24) is 10.2 Å². The van der Waals surface area contributed by atoms with Gasteiger partial charge in [-0.3, -0.25) is 4.79 Å². The van der Waals surface area contributed by atoms with E-state index in [2.05, 4.69) is 12.2 Å². The molecule has 0 spiro atoms. The largest absolute Gasteiger partial charge is 0.493 e. The Labute approximate surface area is 132 Å². The number of ether oxygens (including phenoxy) is 2. The summed E-state index contributed by atoms with van der Waals surface area (Å²) >= 11 is 0. The number of piperazine rings is 1. The summed E-state index contributed by atoms with van der Waals surface area (Å²) in [5.74, 6) is 1.29. The van der Waals surface area contributed by atoms with E-state index in [1.807, 2.05) is 17.9 Å². The zero-order chi connectivity index (χ0) is 14.7. The summed E-state index contributed by atoms with van der Waals surface area (Å²) in [6.07, 6.45) is 0. The monoisotopic (exact) mass is 314 g/mol. The SMILES string of the molecule is COc1cc(C)c(C(=O)N2CCNC(C)C2)cc1OC.Cl. The highest BCUT2D eigenvalue weighted by Crippen LogP contribution is 2.30. The number of nitrogens with zero attached hydrogens (tertiary/aromatic N) is 1. The number of amides is 1. The number of methoxy groups -OCH3 is 2.